The van der Waals surface area contributed by atoms with Gasteiger partial charge in [-0.1, -0.05) is 12.1 Å². The van der Waals surface area contributed by atoms with E-state index < -0.39 is 0 Å². The summed E-state index contributed by atoms with van der Waals surface area (Å²) < 4.78 is 7.25. The van der Waals surface area contributed by atoms with Crippen molar-refractivity contribution in [1.29, 1.82) is 0 Å². The Hall–Kier alpha value is -2.36. The number of unbranched alkanes of at least 4 members (excludes halogenated alkanes) is 1. The van der Waals surface area contributed by atoms with Gasteiger partial charge in [-0.05, 0) is 18.6 Å². The van der Waals surface area contributed by atoms with Crippen molar-refractivity contribution in [3.63, 3.8) is 0 Å². The van der Waals surface area contributed by atoms with E-state index >= 15 is 0 Å². The maximum atomic E-state index is 11.9. The molecular formula is C17H21N2O2+. The van der Waals surface area contributed by atoms with Crippen LogP contribution in [-0.2, 0) is 11.3 Å². The minimum Gasteiger partial charge on any atom is -0.497 e. The number of nitrogens with zero attached hydrogens (tertiary/aromatic N) is 1. The van der Waals surface area contributed by atoms with E-state index in [1.807, 2.05) is 54.9 Å². The van der Waals surface area contributed by atoms with Crippen LogP contribution in [0.3, 0.4) is 0 Å². The van der Waals surface area contributed by atoms with Gasteiger partial charge < -0.3 is 10.1 Å². The van der Waals surface area contributed by atoms with E-state index in [0.717, 1.165) is 30.8 Å². The van der Waals surface area contributed by atoms with Gasteiger partial charge in [0.1, 0.15) is 12.3 Å². The number of methoxy groups -OCH3 is 1. The number of hydrogen-bond donors (Lipinski definition) is 1. The van der Waals surface area contributed by atoms with Gasteiger partial charge in [0.25, 0.3) is 0 Å². The molecule has 0 spiro atoms. The van der Waals surface area contributed by atoms with Gasteiger partial charge in [-0.25, -0.2) is 4.57 Å². The summed E-state index contributed by atoms with van der Waals surface area (Å²) in [5.41, 5.74) is 0.775. The monoisotopic (exact) mass is 285 g/mol. The van der Waals surface area contributed by atoms with Crippen LogP contribution in [0.5, 0.6) is 5.75 Å². The Morgan fingerprint density at radius 1 is 1.14 bits per heavy atom. The number of benzene rings is 1. The molecule has 1 aromatic carbocycles. The Morgan fingerprint density at radius 2 is 1.95 bits per heavy atom. The van der Waals surface area contributed by atoms with E-state index in [1.54, 1.807) is 7.11 Å². The summed E-state index contributed by atoms with van der Waals surface area (Å²) in [7, 11) is 1.61. The van der Waals surface area contributed by atoms with Crippen LogP contribution in [0, 0.1) is 0 Å². The van der Waals surface area contributed by atoms with E-state index in [4.69, 9.17) is 4.74 Å². The Bertz CT molecular complexity index is 570. The quantitative estimate of drug-likeness (QED) is 0.628. The molecule has 0 fully saturated rings. The summed E-state index contributed by atoms with van der Waals surface area (Å²) in [5, 5.41) is 2.89. The molecule has 0 unspecified atom stereocenters. The van der Waals surface area contributed by atoms with E-state index in [-0.39, 0.29) is 5.91 Å². The molecule has 1 N–H and O–H groups in total. The first-order valence-corrected chi connectivity index (χ1v) is 7.16. The Kier molecular flexibility index (Phi) is 5.76. The van der Waals surface area contributed by atoms with Gasteiger partial charge in [0.15, 0.2) is 12.4 Å². The van der Waals surface area contributed by atoms with Crippen molar-refractivity contribution in [3.8, 4) is 5.75 Å². The number of aryl methyl sites for hydroxylation is 1. The molecule has 1 aromatic heterocycles. The van der Waals surface area contributed by atoms with Crippen LogP contribution in [0.15, 0.2) is 54.9 Å². The van der Waals surface area contributed by atoms with E-state index in [0.29, 0.717) is 6.42 Å². The average molecular weight is 285 g/mol. The average Bonchev–Trinajstić information content (AvgIpc) is 2.53. The number of aromatic nitrogens is 1. The smallest absolute Gasteiger partial charge is 0.224 e. The van der Waals surface area contributed by atoms with E-state index in [2.05, 4.69) is 9.88 Å². The van der Waals surface area contributed by atoms with Gasteiger partial charge in [0.05, 0.1) is 7.11 Å². The number of carbonyl (C=O) groups excluding carboxylic acids is 1. The largest absolute Gasteiger partial charge is 0.497 e. The molecule has 0 aliphatic rings. The standard InChI is InChI=1S/C17H20N2O2/c1-21-16-9-7-8-15(14-16)18-17(20)10-3-6-13-19-11-4-2-5-12-19/h2,4-5,7-9,11-12,14H,3,6,10,13H2,1H3/p+1. The number of carbonyl (C=O) groups is 1. The summed E-state index contributed by atoms with van der Waals surface area (Å²) >= 11 is 0. The van der Waals surface area contributed by atoms with Gasteiger partial charge in [-0.3, -0.25) is 4.79 Å². The van der Waals surface area contributed by atoms with Crippen molar-refractivity contribution in [1.82, 2.24) is 0 Å². The van der Waals surface area contributed by atoms with Gasteiger partial charge in [0, 0.05) is 36.7 Å². The van der Waals surface area contributed by atoms with Crippen LogP contribution in [-0.4, -0.2) is 13.0 Å². The highest BCUT2D eigenvalue weighted by molar-refractivity contribution is 5.90. The van der Waals surface area contributed by atoms with Gasteiger partial charge >= 0.3 is 0 Å². The van der Waals surface area contributed by atoms with Crippen LogP contribution < -0.4 is 14.6 Å². The van der Waals surface area contributed by atoms with Crippen molar-refractivity contribution >= 4 is 11.6 Å². The summed E-state index contributed by atoms with van der Waals surface area (Å²) in [4.78, 5) is 11.9. The zero-order chi connectivity index (χ0) is 14.9. The van der Waals surface area contributed by atoms with Gasteiger partial charge in [0.2, 0.25) is 5.91 Å². The highest BCUT2D eigenvalue weighted by Crippen LogP contribution is 2.16. The highest BCUT2D eigenvalue weighted by Gasteiger charge is 2.04. The minimum absolute atomic E-state index is 0.0429. The van der Waals surface area contributed by atoms with Crippen LogP contribution in [0.2, 0.25) is 0 Å². The van der Waals surface area contributed by atoms with Crippen molar-refractivity contribution in [3.05, 3.63) is 54.9 Å². The molecule has 4 heteroatoms. The molecule has 0 atom stereocenters. The van der Waals surface area contributed by atoms with Crippen LogP contribution in [0.4, 0.5) is 5.69 Å². The molecular weight excluding hydrogens is 264 g/mol. The van der Waals surface area contributed by atoms with Gasteiger partial charge in [-0.15, -0.1) is 0 Å². The zero-order valence-electron chi connectivity index (χ0n) is 12.3. The number of anilines is 1. The molecule has 0 radical (unpaired) electrons. The fraction of sp³-hybridized carbons (Fsp3) is 0.294. The molecule has 0 aliphatic heterocycles. The Labute approximate surface area is 125 Å². The molecule has 2 aromatic rings. The second-order valence-corrected chi connectivity index (χ2v) is 4.85. The zero-order valence-corrected chi connectivity index (χ0v) is 12.3. The third kappa shape index (κ3) is 5.26. The summed E-state index contributed by atoms with van der Waals surface area (Å²) in [6, 6.07) is 13.4. The maximum Gasteiger partial charge on any atom is 0.224 e. The topological polar surface area (TPSA) is 42.2 Å². The lowest BCUT2D eigenvalue weighted by atomic mass is 10.2. The fourth-order valence-electron chi connectivity index (χ4n) is 2.09. The lowest BCUT2D eigenvalue weighted by Crippen LogP contribution is -2.32. The normalized spacial score (nSPS) is 10.1. The molecule has 0 saturated carbocycles. The summed E-state index contributed by atoms with van der Waals surface area (Å²) in [5.74, 6) is 0.787. The lowest BCUT2D eigenvalue weighted by molar-refractivity contribution is -0.697. The third-order valence-electron chi connectivity index (χ3n) is 3.20. The number of amides is 1. The molecule has 0 aliphatic carbocycles. The SMILES string of the molecule is COc1cccc(NC(=O)CCCC[n+]2ccccc2)c1. The van der Waals surface area contributed by atoms with Gasteiger partial charge in [-0.2, -0.15) is 0 Å². The number of pyridine rings is 1. The number of hydrogen-bond acceptors (Lipinski definition) is 2. The summed E-state index contributed by atoms with van der Waals surface area (Å²) in [6.45, 7) is 0.938. The first kappa shape index (κ1) is 15.0. The molecule has 1 heterocycles. The maximum absolute atomic E-state index is 11.9. The Balaban J connectivity index is 1.70. The first-order valence-electron chi connectivity index (χ1n) is 7.16. The molecule has 21 heavy (non-hydrogen) atoms. The van der Waals surface area contributed by atoms with E-state index in [9.17, 15) is 4.79 Å². The molecule has 0 bridgehead atoms. The number of rotatable bonds is 7. The summed E-state index contributed by atoms with van der Waals surface area (Å²) in [6.07, 6.45) is 6.47. The van der Waals surface area contributed by atoms with Crippen LogP contribution in [0.25, 0.3) is 0 Å². The van der Waals surface area contributed by atoms with E-state index in [1.165, 1.54) is 0 Å². The molecule has 110 valence electrons. The van der Waals surface area contributed by atoms with Crippen LogP contribution in [0.1, 0.15) is 19.3 Å². The lowest BCUT2D eigenvalue weighted by Gasteiger charge is -2.06. The second-order valence-electron chi connectivity index (χ2n) is 4.85. The predicted molar refractivity (Wildman–Crippen MR) is 82.1 cm³/mol. The minimum atomic E-state index is 0.0429. The first-order chi connectivity index (χ1) is 10.3. The second kappa shape index (κ2) is 8.04. The van der Waals surface area contributed by atoms with Crippen molar-refractivity contribution in [2.24, 2.45) is 0 Å². The Morgan fingerprint density at radius 3 is 2.71 bits per heavy atom. The fourth-order valence-corrected chi connectivity index (χ4v) is 2.09. The van der Waals surface area contributed by atoms with Crippen molar-refractivity contribution < 1.29 is 14.1 Å². The predicted octanol–water partition coefficient (Wildman–Crippen LogP) is 2.79. The molecule has 2 rings (SSSR count). The van der Waals surface area contributed by atoms with Crippen molar-refractivity contribution in [2.75, 3.05) is 12.4 Å². The highest BCUT2D eigenvalue weighted by atomic mass is 16.5. The van der Waals surface area contributed by atoms with Crippen LogP contribution >= 0.6 is 0 Å². The molecule has 4 nitrogen and oxygen atoms in total. The molecule has 1 amide bonds. The van der Waals surface area contributed by atoms with Crippen molar-refractivity contribution in [2.45, 2.75) is 25.8 Å². The molecule has 0 saturated heterocycles. The number of ether oxygens (including phenoxy) is 1. The third-order valence-corrected chi connectivity index (χ3v) is 3.20. The number of nitrogens with one attached hydrogen (secondary N) is 1.